The first-order chi connectivity index (χ1) is 16.5. The monoisotopic (exact) mass is 490 g/mol. The van der Waals surface area contributed by atoms with Crippen LogP contribution < -0.4 is 24.0 Å². The Labute approximate surface area is 225 Å². The van der Waals surface area contributed by atoms with Crippen molar-refractivity contribution in [3.8, 4) is 0 Å². The number of benzene rings is 2. The van der Waals surface area contributed by atoms with E-state index < -0.39 is 5.97 Å². The third-order valence-corrected chi connectivity index (χ3v) is 4.89. The Kier molecular flexibility index (Phi) is 16.3. The zero-order valence-electron chi connectivity index (χ0n) is 22.2. The fourth-order valence-corrected chi connectivity index (χ4v) is 3.14. The Bertz CT molecular complexity index is 973. The van der Waals surface area contributed by atoms with Crippen LogP contribution in [0.5, 0.6) is 0 Å². The Balaban J connectivity index is 0.000000663. The van der Waals surface area contributed by atoms with Crippen LogP contribution in [0.3, 0.4) is 0 Å². The van der Waals surface area contributed by atoms with Gasteiger partial charge in [-0.3, -0.25) is 14.4 Å². The molecule has 0 amide bonds. The van der Waals surface area contributed by atoms with E-state index in [9.17, 15) is 24.3 Å². The predicted molar refractivity (Wildman–Crippen MR) is 132 cm³/mol. The van der Waals surface area contributed by atoms with Crippen LogP contribution in [0.4, 0.5) is 0 Å². The Morgan fingerprint density at radius 2 is 1.03 bits per heavy atom. The smallest absolute Gasteiger partial charge is 0.550 e. The van der Waals surface area contributed by atoms with Crippen LogP contribution in [0.15, 0.2) is 48.5 Å². The number of rotatable bonds is 12. The van der Waals surface area contributed by atoms with Crippen LogP contribution >= 0.6 is 0 Å². The average Bonchev–Trinajstić information content (AvgIpc) is 2.81. The number of methoxy groups -OCH3 is 1. The zero-order valence-corrected chi connectivity index (χ0v) is 22.2. The number of nitrogens with zero attached hydrogens (tertiary/aromatic N) is 2. The van der Waals surface area contributed by atoms with E-state index in [1.54, 1.807) is 24.3 Å². The summed E-state index contributed by atoms with van der Waals surface area (Å²) >= 11 is 0. The summed E-state index contributed by atoms with van der Waals surface area (Å²) in [4.78, 5) is 48.6. The minimum absolute atomic E-state index is 0. The molecule has 0 aliphatic rings. The molecule has 2 rings (SSSR count). The molecular weight excluding hydrogens is 455 g/mol. The topological polar surface area (TPSA) is 107 Å². The molecule has 0 saturated carbocycles. The number of carboxylic acid groups (broad SMARTS) is 1. The van der Waals surface area contributed by atoms with E-state index in [1.165, 1.54) is 7.11 Å². The molecule has 0 saturated heterocycles. The van der Waals surface area contributed by atoms with Gasteiger partial charge in [0, 0.05) is 43.0 Å². The number of ketones is 2. The first kappa shape index (κ1) is 33.2. The second kappa shape index (κ2) is 17.6. The zero-order chi connectivity index (χ0) is 26.4. The van der Waals surface area contributed by atoms with E-state index in [0.29, 0.717) is 11.1 Å². The van der Waals surface area contributed by atoms with Gasteiger partial charge in [-0.25, -0.2) is 0 Å². The standard InChI is InChI=1S/C14H19NO3.C13H17NO3.Li/c1-15(2)10-11-4-6-12(7-5-11)13(16)8-9-14(17)18-3;1-14(2)9-10-3-5-11(6-4-10)12(15)7-8-13(16)17;/h4-7H,8-10H2,1-3H3;3-6H,7-9H2,1-2H3,(H,16,17);/q;;+1/p-1. The van der Waals surface area contributed by atoms with Crippen LogP contribution in [0.1, 0.15) is 57.5 Å². The normalized spacial score (nSPS) is 10.2. The van der Waals surface area contributed by atoms with Gasteiger partial charge in [-0.05, 0) is 45.7 Å². The SMILES string of the molecule is CN(C)Cc1ccc(C(=O)CCC(=O)[O-])cc1.COC(=O)CCC(=O)c1ccc(CN(C)C)cc1.[Li+]. The van der Waals surface area contributed by atoms with E-state index in [4.69, 9.17) is 0 Å². The van der Waals surface area contributed by atoms with Gasteiger partial charge in [-0.2, -0.15) is 0 Å². The van der Waals surface area contributed by atoms with Crippen molar-refractivity contribution in [2.24, 2.45) is 0 Å². The number of Topliss-reactive ketones (excluding diaryl/α,β-unsaturated/α-hetero) is 2. The number of esters is 1. The van der Waals surface area contributed by atoms with Gasteiger partial charge in [0.25, 0.3) is 0 Å². The molecular formula is C27H35LiN2O6. The summed E-state index contributed by atoms with van der Waals surface area (Å²) < 4.78 is 4.50. The van der Waals surface area contributed by atoms with Gasteiger partial charge in [-0.15, -0.1) is 0 Å². The van der Waals surface area contributed by atoms with Gasteiger partial charge in [0.1, 0.15) is 0 Å². The maximum Gasteiger partial charge on any atom is 1.00 e. The molecule has 0 aliphatic heterocycles. The maximum absolute atomic E-state index is 11.8. The van der Waals surface area contributed by atoms with Crippen LogP contribution in [-0.2, 0) is 27.4 Å². The van der Waals surface area contributed by atoms with E-state index >= 15 is 0 Å². The number of carbonyl (C=O) groups excluding carboxylic acids is 4. The summed E-state index contributed by atoms with van der Waals surface area (Å²) in [7, 11) is 9.26. The number of hydrogen-bond acceptors (Lipinski definition) is 8. The minimum Gasteiger partial charge on any atom is -0.550 e. The van der Waals surface area contributed by atoms with Crippen molar-refractivity contribution >= 4 is 23.5 Å². The van der Waals surface area contributed by atoms with Gasteiger partial charge in [0.05, 0.1) is 13.5 Å². The van der Waals surface area contributed by atoms with Crippen molar-refractivity contribution in [3.05, 3.63) is 70.8 Å². The fraction of sp³-hybridized carbons (Fsp3) is 0.407. The van der Waals surface area contributed by atoms with Gasteiger partial charge in [-0.1, -0.05) is 48.5 Å². The molecule has 0 heterocycles. The molecule has 0 fully saturated rings. The average molecular weight is 491 g/mol. The summed E-state index contributed by atoms with van der Waals surface area (Å²) in [5.74, 6) is -1.74. The van der Waals surface area contributed by atoms with Crippen LogP contribution in [0.2, 0.25) is 0 Å². The number of carboxylic acids is 1. The summed E-state index contributed by atoms with van der Waals surface area (Å²) in [5.41, 5.74) is 3.46. The second-order valence-corrected chi connectivity index (χ2v) is 8.66. The number of ether oxygens (including phenoxy) is 1. The van der Waals surface area contributed by atoms with Crippen LogP contribution in [0.25, 0.3) is 0 Å². The van der Waals surface area contributed by atoms with Gasteiger partial charge in [0.15, 0.2) is 11.6 Å². The summed E-state index contributed by atoms with van der Waals surface area (Å²) in [5, 5.41) is 10.2. The molecule has 190 valence electrons. The predicted octanol–water partition coefficient (Wildman–Crippen LogP) is -0.651. The first-order valence-electron chi connectivity index (χ1n) is 11.3. The molecule has 0 aromatic heterocycles. The molecule has 0 N–H and O–H groups in total. The van der Waals surface area contributed by atoms with E-state index in [-0.39, 0.29) is 62.1 Å². The molecule has 2 aromatic carbocycles. The number of carbonyl (C=O) groups is 4. The molecule has 0 atom stereocenters. The van der Waals surface area contributed by atoms with E-state index in [1.807, 2.05) is 57.4 Å². The van der Waals surface area contributed by atoms with Crippen molar-refractivity contribution in [3.63, 3.8) is 0 Å². The van der Waals surface area contributed by atoms with E-state index in [2.05, 4.69) is 9.64 Å². The summed E-state index contributed by atoms with van der Waals surface area (Å²) in [6.45, 7) is 1.66. The minimum atomic E-state index is -1.19. The van der Waals surface area contributed by atoms with Crippen molar-refractivity contribution in [1.29, 1.82) is 0 Å². The molecule has 0 bridgehead atoms. The second-order valence-electron chi connectivity index (χ2n) is 8.66. The third kappa shape index (κ3) is 14.0. The number of aliphatic carboxylic acids is 1. The fourth-order valence-electron chi connectivity index (χ4n) is 3.14. The number of hydrogen-bond donors (Lipinski definition) is 0. The quantitative estimate of drug-likeness (QED) is 0.220. The van der Waals surface area contributed by atoms with Gasteiger partial charge < -0.3 is 24.4 Å². The summed E-state index contributed by atoms with van der Waals surface area (Å²) in [6.07, 6.45) is 0.0993. The van der Waals surface area contributed by atoms with Crippen LogP contribution in [-0.4, -0.2) is 68.6 Å². The van der Waals surface area contributed by atoms with Crippen molar-refractivity contribution < 1.29 is 47.9 Å². The molecule has 9 heteroatoms. The molecule has 0 spiro atoms. The molecule has 2 aromatic rings. The van der Waals surface area contributed by atoms with Gasteiger partial charge >= 0.3 is 24.8 Å². The molecule has 36 heavy (non-hydrogen) atoms. The van der Waals surface area contributed by atoms with Crippen molar-refractivity contribution in [2.45, 2.75) is 38.8 Å². The summed E-state index contributed by atoms with van der Waals surface area (Å²) in [6, 6.07) is 14.7. The van der Waals surface area contributed by atoms with Gasteiger partial charge in [0.2, 0.25) is 0 Å². The van der Waals surface area contributed by atoms with Crippen molar-refractivity contribution in [2.75, 3.05) is 35.3 Å². The Morgan fingerprint density at radius 3 is 1.33 bits per heavy atom. The largest absolute Gasteiger partial charge is 1.00 e. The molecule has 0 unspecified atom stereocenters. The Hall–Kier alpha value is -2.76. The maximum atomic E-state index is 11.8. The first-order valence-corrected chi connectivity index (χ1v) is 11.3. The molecule has 0 radical (unpaired) electrons. The van der Waals surface area contributed by atoms with Crippen molar-refractivity contribution in [1.82, 2.24) is 9.80 Å². The Morgan fingerprint density at radius 1 is 0.667 bits per heavy atom. The van der Waals surface area contributed by atoms with Crippen LogP contribution in [0, 0.1) is 0 Å². The molecule has 8 nitrogen and oxygen atoms in total. The molecule has 0 aliphatic carbocycles. The third-order valence-electron chi connectivity index (χ3n) is 4.89. The van der Waals surface area contributed by atoms with E-state index in [0.717, 1.165) is 24.2 Å².